The highest BCUT2D eigenvalue weighted by atomic mass is 127. The number of rotatable bonds is 3. The van der Waals surface area contributed by atoms with E-state index in [1.54, 1.807) is 10.9 Å². The number of amides is 1. The molecule has 1 heterocycles. The smallest absolute Gasteiger partial charge is 0.247 e. The van der Waals surface area contributed by atoms with Crippen molar-refractivity contribution < 1.29 is 4.79 Å². The largest absolute Gasteiger partial charge is 0.351 e. The lowest BCUT2D eigenvalue weighted by Gasteiger charge is -2.57. The maximum Gasteiger partial charge on any atom is 0.247 e. The Kier molecular flexibility index (Phi) is 3.72. The molecule has 5 rings (SSSR count). The summed E-state index contributed by atoms with van der Waals surface area (Å²) >= 11 is 2.21. The number of nitriles is 1. The molecule has 1 aromatic rings. The van der Waals surface area contributed by atoms with E-state index in [0.29, 0.717) is 17.8 Å². The summed E-state index contributed by atoms with van der Waals surface area (Å²) in [5, 5.41) is 17.3. The summed E-state index contributed by atoms with van der Waals surface area (Å²) in [4.78, 5) is 13.0. The fourth-order valence-electron chi connectivity index (χ4n) is 5.44. The molecule has 4 fully saturated rings. The molecule has 24 heavy (non-hydrogen) atoms. The number of halogens is 1. The van der Waals surface area contributed by atoms with E-state index in [1.165, 1.54) is 12.8 Å². The van der Waals surface area contributed by atoms with Crippen molar-refractivity contribution in [1.82, 2.24) is 15.1 Å². The zero-order valence-corrected chi connectivity index (χ0v) is 16.3. The van der Waals surface area contributed by atoms with Gasteiger partial charge in [-0.15, -0.1) is 0 Å². The Morgan fingerprint density at radius 1 is 1.42 bits per heavy atom. The Morgan fingerprint density at radius 2 is 2.08 bits per heavy atom. The molecule has 0 aromatic carbocycles. The lowest BCUT2D eigenvalue weighted by Crippen LogP contribution is -2.61. The van der Waals surface area contributed by atoms with Crippen LogP contribution in [0.1, 0.15) is 46.0 Å². The summed E-state index contributed by atoms with van der Waals surface area (Å²) in [7, 11) is 0. The first kappa shape index (κ1) is 16.4. The predicted molar refractivity (Wildman–Crippen MR) is 97.8 cm³/mol. The van der Waals surface area contributed by atoms with Crippen LogP contribution in [-0.4, -0.2) is 21.7 Å². The molecule has 0 saturated heterocycles. The van der Waals surface area contributed by atoms with Gasteiger partial charge in [-0.05, 0) is 86.3 Å². The second-order valence-electron chi connectivity index (χ2n) is 8.52. The second kappa shape index (κ2) is 5.45. The number of nitrogens with one attached hydrogen (secondary N) is 1. The highest BCUT2D eigenvalue weighted by molar-refractivity contribution is 14.1. The Hall–Kier alpha value is -1.10. The van der Waals surface area contributed by atoms with E-state index in [-0.39, 0.29) is 17.4 Å². The number of nitrogens with zero attached hydrogens (tertiary/aromatic N) is 3. The lowest BCUT2D eigenvalue weighted by molar-refractivity contribution is -0.134. The van der Waals surface area contributed by atoms with Gasteiger partial charge in [0.05, 0.1) is 21.3 Å². The van der Waals surface area contributed by atoms with Gasteiger partial charge in [0.25, 0.3) is 0 Å². The lowest BCUT2D eigenvalue weighted by atomic mass is 9.48. The normalized spacial score (nSPS) is 37.2. The van der Waals surface area contributed by atoms with Crippen molar-refractivity contribution in [2.45, 2.75) is 57.5 Å². The van der Waals surface area contributed by atoms with E-state index in [4.69, 9.17) is 0 Å². The SMILES string of the molecule is CC(C)(C(=O)NC1C2CC3CC1CC(C#N)(C3)C2)n1cc(I)cn1. The number of carbonyl (C=O) groups is 1. The highest BCUT2D eigenvalue weighted by Crippen LogP contribution is 2.59. The van der Waals surface area contributed by atoms with Gasteiger partial charge in [-0.2, -0.15) is 10.4 Å². The molecule has 4 aliphatic carbocycles. The van der Waals surface area contributed by atoms with Crippen LogP contribution in [0.5, 0.6) is 0 Å². The van der Waals surface area contributed by atoms with Crippen LogP contribution >= 0.6 is 22.6 Å². The van der Waals surface area contributed by atoms with Crippen molar-refractivity contribution in [2.75, 3.05) is 0 Å². The van der Waals surface area contributed by atoms with Gasteiger partial charge in [-0.3, -0.25) is 9.48 Å². The van der Waals surface area contributed by atoms with Crippen LogP contribution in [0.25, 0.3) is 0 Å². The zero-order chi connectivity index (χ0) is 17.1. The molecule has 1 aromatic heterocycles. The van der Waals surface area contributed by atoms with Gasteiger partial charge in [0.15, 0.2) is 0 Å². The second-order valence-corrected chi connectivity index (χ2v) is 9.77. The van der Waals surface area contributed by atoms with E-state index in [9.17, 15) is 10.1 Å². The Morgan fingerprint density at radius 3 is 2.62 bits per heavy atom. The fourth-order valence-corrected chi connectivity index (χ4v) is 5.82. The Balaban J connectivity index is 1.52. The molecule has 128 valence electrons. The predicted octanol–water partition coefficient (Wildman–Crippen LogP) is 3.06. The van der Waals surface area contributed by atoms with Crippen LogP contribution in [0.4, 0.5) is 0 Å². The maximum absolute atomic E-state index is 13.0. The molecule has 6 heteroatoms. The molecule has 5 nitrogen and oxygen atoms in total. The van der Waals surface area contributed by atoms with Crippen molar-refractivity contribution in [2.24, 2.45) is 23.2 Å². The minimum atomic E-state index is -0.703. The van der Waals surface area contributed by atoms with Crippen molar-refractivity contribution >= 4 is 28.5 Å². The minimum absolute atomic E-state index is 0.0329. The molecule has 4 bridgehead atoms. The summed E-state index contributed by atoms with van der Waals surface area (Å²) in [6.07, 6.45) is 9.02. The topological polar surface area (TPSA) is 70.7 Å². The minimum Gasteiger partial charge on any atom is -0.351 e. The molecule has 4 aliphatic rings. The quantitative estimate of drug-likeness (QED) is 0.738. The molecule has 2 atom stereocenters. The zero-order valence-electron chi connectivity index (χ0n) is 14.1. The maximum atomic E-state index is 13.0. The van der Waals surface area contributed by atoms with Gasteiger partial charge in [-0.25, -0.2) is 0 Å². The molecular weight excluding hydrogens is 415 g/mol. The number of hydrogen-bond acceptors (Lipinski definition) is 3. The van der Waals surface area contributed by atoms with Crippen LogP contribution in [0.3, 0.4) is 0 Å². The van der Waals surface area contributed by atoms with E-state index in [2.05, 4.69) is 39.1 Å². The Labute approximate surface area is 156 Å². The van der Waals surface area contributed by atoms with Gasteiger partial charge in [-0.1, -0.05) is 0 Å². The van der Waals surface area contributed by atoms with Crippen LogP contribution in [0.2, 0.25) is 0 Å². The van der Waals surface area contributed by atoms with E-state index in [1.807, 2.05) is 20.0 Å². The van der Waals surface area contributed by atoms with Gasteiger partial charge < -0.3 is 5.32 Å². The van der Waals surface area contributed by atoms with Gasteiger partial charge in [0.1, 0.15) is 5.54 Å². The Bertz CT molecular complexity index is 703. The monoisotopic (exact) mass is 438 g/mol. The average molecular weight is 438 g/mol. The molecule has 2 unspecified atom stereocenters. The highest BCUT2D eigenvalue weighted by Gasteiger charge is 2.56. The van der Waals surface area contributed by atoms with E-state index in [0.717, 1.165) is 22.8 Å². The van der Waals surface area contributed by atoms with Gasteiger partial charge in [0, 0.05) is 12.2 Å². The molecule has 1 amide bonds. The summed E-state index contributed by atoms with van der Waals surface area (Å²) in [5.41, 5.74) is -0.809. The fraction of sp³-hybridized carbons (Fsp3) is 0.722. The van der Waals surface area contributed by atoms with E-state index >= 15 is 0 Å². The molecular formula is C18H23IN4O. The first-order chi connectivity index (χ1) is 11.3. The van der Waals surface area contributed by atoms with Crippen LogP contribution in [0.15, 0.2) is 12.4 Å². The third-order valence-corrected chi connectivity index (χ3v) is 7.04. The first-order valence-corrected chi connectivity index (χ1v) is 9.84. The van der Waals surface area contributed by atoms with Crippen molar-refractivity contribution in [1.29, 1.82) is 5.26 Å². The number of aromatic nitrogens is 2. The molecule has 0 spiro atoms. The average Bonchev–Trinajstić information content (AvgIpc) is 2.97. The summed E-state index contributed by atoms with van der Waals surface area (Å²) < 4.78 is 2.77. The van der Waals surface area contributed by atoms with Crippen LogP contribution in [0, 0.1) is 38.1 Å². The van der Waals surface area contributed by atoms with Crippen LogP contribution in [-0.2, 0) is 10.3 Å². The van der Waals surface area contributed by atoms with Gasteiger partial charge >= 0.3 is 0 Å². The van der Waals surface area contributed by atoms with Crippen LogP contribution < -0.4 is 5.32 Å². The van der Waals surface area contributed by atoms with Gasteiger partial charge in [0.2, 0.25) is 5.91 Å². The summed E-state index contributed by atoms with van der Waals surface area (Å²) in [6.45, 7) is 3.83. The first-order valence-electron chi connectivity index (χ1n) is 8.76. The number of carbonyl (C=O) groups excluding carboxylic acids is 1. The van der Waals surface area contributed by atoms with Crippen molar-refractivity contribution in [3.63, 3.8) is 0 Å². The third kappa shape index (κ3) is 2.47. The third-order valence-electron chi connectivity index (χ3n) is 6.49. The standard InChI is InChI=1S/C18H23IN4O/c1-17(2,23-9-14(19)8-21-23)16(24)22-15-12-3-11-4-13(15)7-18(5-11,6-12)10-20/h8-9,11-13,15H,3-7H2,1-2H3,(H,22,24). The summed E-state index contributed by atoms with van der Waals surface area (Å²) in [5.74, 6) is 1.66. The molecule has 0 radical (unpaired) electrons. The van der Waals surface area contributed by atoms with Crippen molar-refractivity contribution in [3.05, 3.63) is 16.0 Å². The molecule has 1 N–H and O–H groups in total. The van der Waals surface area contributed by atoms with Crippen molar-refractivity contribution in [3.8, 4) is 6.07 Å². The molecule has 0 aliphatic heterocycles. The number of hydrogen-bond donors (Lipinski definition) is 1. The van der Waals surface area contributed by atoms with E-state index < -0.39 is 5.54 Å². The summed E-state index contributed by atoms with van der Waals surface area (Å²) in [6, 6.07) is 2.84. The molecule has 4 saturated carbocycles.